The molecule has 0 radical (unpaired) electrons. The van der Waals surface area contributed by atoms with Crippen LogP contribution in [0.15, 0.2) is 73.3 Å². The molecule has 2 heterocycles. The number of rotatable bonds is 2. The minimum absolute atomic E-state index is 0.0340. The second kappa shape index (κ2) is 7.36. The van der Waals surface area contributed by atoms with Gasteiger partial charge in [-0.15, -0.1) is 0 Å². The van der Waals surface area contributed by atoms with Crippen LogP contribution in [-0.2, 0) is 10.8 Å². The van der Waals surface area contributed by atoms with Gasteiger partial charge in [-0.3, -0.25) is 9.97 Å². The molecule has 2 nitrogen and oxygen atoms in total. The van der Waals surface area contributed by atoms with Gasteiger partial charge in [0.1, 0.15) is 0 Å². The molecule has 4 aromatic rings. The zero-order valence-corrected chi connectivity index (χ0v) is 18.8. The lowest BCUT2D eigenvalue weighted by molar-refractivity contribution is 0.591. The molecule has 4 rings (SSSR count). The normalized spacial score (nSPS) is 12.3. The lowest BCUT2D eigenvalue weighted by atomic mass is 9.76. The Hall–Kier alpha value is -3.00. The third-order valence-corrected chi connectivity index (χ3v) is 5.75. The van der Waals surface area contributed by atoms with Gasteiger partial charge in [0.25, 0.3) is 0 Å². The van der Waals surface area contributed by atoms with Crippen LogP contribution in [-0.4, -0.2) is 9.97 Å². The first kappa shape index (κ1) is 20.3. The fraction of sp³-hybridized carbons (Fsp3) is 0.286. The van der Waals surface area contributed by atoms with Crippen LogP contribution >= 0.6 is 0 Å². The molecule has 152 valence electrons. The van der Waals surface area contributed by atoms with Crippen molar-refractivity contribution in [3.63, 3.8) is 0 Å². The van der Waals surface area contributed by atoms with E-state index < -0.39 is 0 Å². The Morgan fingerprint density at radius 3 is 1.10 bits per heavy atom. The Bertz CT molecular complexity index is 1080. The number of hydrogen-bond acceptors (Lipinski definition) is 2. The summed E-state index contributed by atoms with van der Waals surface area (Å²) in [5.41, 5.74) is 7.81. The third kappa shape index (κ3) is 3.63. The first-order valence-corrected chi connectivity index (χ1v) is 10.6. The number of aromatic nitrogens is 2. The van der Waals surface area contributed by atoms with Crippen molar-refractivity contribution in [3.8, 4) is 22.3 Å². The summed E-state index contributed by atoms with van der Waals surface area (Å²) in [5, 5.41) is 2.57. The Kier molecular flexibility index (Phi) is 4.97. The zero-order valence-electron chi connectivity index (χ0n) is 18.8. The van der Waals surface area contributed by atoms with Crippen molar-refractivity contribution in [3.05, 3.63) is 84.4 Å². The molecule has 2 heteroatoms. The highest BCUT2D eigenvalue weighted by atomic mass is 14.6. The average molecular weight is 395 g/mol. The molecule has 0 bridgehead atoms. The SMILES string of the molecule is CC(C)(C)c1ccc2c(-c3ccncc3)c(C(C)(C)C)ccc2c1-c1ccncc1. The Morgan fingerprint density at radius 2 is 0.800 bits per heavy atom. The molecule has 0 saturated carbocycles. The van der Waals surface area contributed by atoms with E-state index in [4.69, 9.17) is 0 Å². The summed E-state index contributed by atoms with van der Waals surface area (Å²) in [4.78, 5) is 8.49. The highest BCUT2D eigenvalue weighted by molar-refractivity contribution is 6.07. The number of fused-ring (bicyclic) bond motifs is 1. The molecule has 2 aromatic heterocycles. The molecule has 2 aromatic carbocycles. The van der Waals surface area contributed by atoms with Crippen molar-refractivity contribution < 1.29 is 0 Å². The van der Waals surface area contributed by atoms with Crippen LogP contribution in [0, 0.1) is 0 Å². The van der Waals surface area contributed by atoms with Gasteiger partial charge in [-0.25, -0.2) is 0 Å². The minimum atomic E-state index is 0.0340. The molecule has 0 spiro atoms. The molecule has 0 aliphatic rings. The van der Waals surface area contributed by atoms with E-state index in [-0.39, 0.29) is 10.8 Å². The van der Waals surface area contributed by atoms with Crippen LogP contribution in [0.5, 0.6) is 0 Å². The number of pyridine rings is 2. The maximum Gasteiger partial charge on any atom is 0.0273 e. The van der Waals surface area contributed by atoms with E-state index >= 15 is 0 Å². The quantitative estimate of drug-likeness (QED) is 0.350. The van der Waals surface area contributed by atoms with E-state index in [1.165, 1.54) is 44.2 Å². The standard InChI is InChI=1S/C28H30N2/c1-27(2,3)23-9-7-22-21(25(23)19-11-15-29-16-12-19)8-10-24(28(4,5)6)26(22)20-13-17-30-18-14-20/h7-18H,1-6H3. The number of hydrogen-bond donors (Lipinski definition) is 0. The molecule has 0 fully saturated rings. The maximum absolute atomic E-state index is 4.25. The summed E-state index contributed by atoms with van der Waals surface area (Å²) in [6.07, 6.45) is 7.53. The molecule has 30 heavy (non-hydrogen) atoms. The lowest BCUT2D eigenvalue weighted by Crippen LogP contribution is -2.15. The summed E-state index contributed by atoms with van der Waals surface area (Å²) in [6, 6.07) is 17.7. The third-order valence-electron chi connectivity index (χ3n) is 5.75. The smallest absolute Gasteiger partial charge is 0.0273 e. The van der Waals surface area contributed by atoms with Crippen LogP contribution in [0.1, 0.15) is 52.7 Å². The van der Waals surface area contributed by atoms with Gasteiger partial charge in [0.2, 0.25) is 0 Å². The molecule has 0 atom stereocenters. The van der Waals surface area contributed by atoms with Gasteiger partial charge >= 0.3 is 0 Å². The predicted molar refractivity (Wildman–Crippen MR) is 128 cm³/mol. The van der Waals surface area contributed by atoms with Crippen molar-refractivity contribution in [2.75, 3.05) is 0 Å². The number of nitrogens with zero attached hydrogens (tertiary/aromatic N) is 2. The highest BCUT2D eigenvalue weighted by Gasteiger charge is 2.25. The van der Waals surface area contributed by atoms with Gasteiger partial charge < -0.3 is 0 Å². The number of benzene rings is 2. The van der Waals surface area contributed by atoms with Crippen molar-refractivity contribution in [2.45, 2.75) is 52.4 Å². The van der Waals surface area contributed by atoms with Crippen molar-refractivity contribution in [1.82, 2.24) is 9.97 Å². The van der Waals surface area contributed by atoms with E-state index in [1.54, 1.807) is 0 Å². The molecule has 0 aliphatic carbocycles. The summed E-state index contributed by atoms with van der Waals surface area (Å²) in [5.74, 6) is 0. The molecule has 0 unspecified atom stereocenters. The van der Waals surface area contributed by atoms with Crippen LogP contribution in [0.25, 0.3) is 33.0 Å². The zero-order chi connectivity index (χ0) is 21.5. The fourth-order valence-electron chi connectivity index (χ4n) is 4.31. The first-order valence-electron chi connectivity index (χ1n) is 10.6. The molecular weight excluding hydrogens is 364 g/mol. The first-order chi connectivity index (χ1) is 14.2. The molecule has 0 amide bonds. The van der Waals surface area contributed by atoms with Gasteiger partial charge in [-0.05, 0) is 79.2 Å². The average Bonchev–Trinajstić information content (AvgIpc) is 2.72. The second-order valence-electron chi connectivity index (χ2n) is 10.0. The summed E-state index contributed by atoms with van der Waals surface area (Å²) in [7, 11) is 0. The van der Waals surface area contributed by atoms with Gasteiger partial charge in [0.15, 0.2) is 0 Å². The minimum Gasteiger partial charge on any atom is -0.265 e. The van der Waals surface area contributed by atoms with E-state index in [0.717, 1.165) is 0 Å². The van der Waals surface area contributed by atoms with Crippen molar-refractivity contribution in [1.29, 1.82) is 0 Å². The lowest BCUT2D eigenvalue weighted by Gasteiger charge is -2.28. The van der Waals surface area contributed by atoms with E-state index in [2.05, 4.69) is 100 Å². The van der Waals surface area contributed by atoms with Crippen LogP contribution in [0.3, 0.4) is 0 Å². The summed E-state index contributed by atoms with van der Waals surface area (Å²) in [6.45, 7) is 13.7. The Labute approximate surface area is 180 Å². The fourth-order valence-corrected chi connectivity index (χ4v) is 4.31. The van der Waals surface area contributed by atoms with Gasteiger partial charge in [0, 0.05) is 24.8 Å². The Morgan fingerprint density at radius 1 is 0.467 bits per heavy atom. The Balaban J connectivity index is 2.17. The van der Waals surface area contributed by atoms with E-state index in [0.29, 0.717) is 0 Å². The second-order valence-corrected chi connectivity index (χ2v) is 10.0. The summed E-state index contributed by atoms with van der Waals surface area (Å²) < 4.78 is 0. The highest BCUT2D eigenvalue weighted by Crippen LogP contribution is 2.44. The van der Waals surface area contributed by atoms with Crippen LogP contribution < -0.4 is 0 Å². The predicted octanol–water partition coefficient (Wildman–Crippen LogP) is 7.56. The van der Waals surface area contributed by atoms with Crippen molar-refractivity contribution >= 4 is 10.8 Å². The monoisotopic (exact) mass is 394 g/mol. The molecular formula is C28H30N2. The molecule has 0 saturated heterocycles. The van der Waals surface area contributed by atoms with Crippen LogP contribution in [0.4, 0.5) is 0 Å². The maximum atomic E-state index is 4.25. The van der Waals surface area contributed by atoms with Crippen LogP contribution in [0.2, 0.25) is 0 Å². The van der Waals surface area contributed by atoms with Crippen molar-refractivity contribution in [2.24, 2.45) is 0 Å². The molecule has 0 aliphatic heterocycles. The molecule has 0 N–H and O–H groups in total. The topological polar surface area (TPSA) is 25.8 Å². The van der Waals surface area contributed by atoms with Gasteiger partial charge in [-0.2, -0.15) is 0 Å². The van der Waals surface area contributed by atoms with Gasteiger partial charge in [0.05, 0.1) is 0 Å². The largest absolute Gasteiger partial charge is 0.265 e. The van der Waals surface area contributed by atoms with E-state index in [9.17, 15) is 0 Å². The van der Waals surface area contributed by atoms with Gasteiger partial charge in [-0.1, -0.05) is 65.8 Å². The summed E-state index contributed by atoms with van der Waals surface area (Å²) >= 11 is 0. The van der Waals surface area contributed by atoms with E-state index in [1.807, 2.05) is 24.8 Å².